The zero-order valence-electron chi connectivity index (χ0n) is 15.2. The van der Waals surface area contributed by atoms with Crippen LogP contribution in [0.1, 0.15) is 5.56 Å². The summed E-state index contributed by atoms with van der Waals surface area (Å²) in [5, 5.41) is 11.3. The summed E-state index contributed by atoms with van der Waals surface area (Å²) in [5.41, 5.74) is 0.112. The second kappa shape index (κ2) is 8.97. The van der Waals surface area contributed by atoms with E-state index in [1.807, 2.05) is 0 Å². The number of hydrogen-bond acceptors (Lipinski definition) is 7. The highest BCUT2D eigenvalue weighted by molar-refractivity contribution is 8.18. The van der Waals surface area contributed by atoms with Gasteiger partial charge in [-0.2, -0.15) is 0 Å². The van der Waals surface area contributed by atoms with Crippen molar-refractivity contribution in [3.05, 3.63) is 68.1 Å². The number of ether oxygens (including phenoxy) is 2. The molecule has 0 N–H and O–H groups in total. The molecule has 150 valence electrons. The molecule has 2 aromatic rings. The lowest BCUT2D eigenvalue weighted by molar-refractivity contribution is -0.385. The van der Waals surface area contributed by atoms with Crippen LogP contribution in [-0.4, -0.2) is 41.2 Å². The molecule has 29 heavy (non-hydrogen) atoms. The highest BCUT2D eigenvalue weighted by atomic mass is 35.5. The molecule has 2 aromatic carbocycles. The third-order valence-electron chi connectivity index (χ3n) is 3.98. The highest BCUT2D eigenvalue weighted by Crippen LogP contribution is 2.37. The van der Waals surface area contributed by atoms with Crippen LogP contribution >= 0.6 is 23.4 Å². The van der Waals surface area contributed by atoms with Crippen LogP contribution in [0.4, 0.5) is 10.5 Å². The molecule has 1 fully saturated rings. The molecule has 3 rings (SSSR count). The summed E-state index contributed by atoms with van der Waals surface area (Å²) in [6, 6.07) is 11.1. The number of carbonyl (C=O) groups excluding carboxylic acids is 2. The predicted octanol–water partition coefficient (Wildman–Crippen LogP) is 4.37. The van der Waals surface area contributed by atoms with Crippen LogP contribution in [0.3, 0.4) is 0 Å². The molecule has 1 heterocycles. The zero-order chi connectivity index (χ0) is 21.0. The number of thioether (sulfide) groups is 1. The van der Waals surface area contributed by atoms with Gasteiger partial charge in [-0.1, -0.05) is 23.7 Å². The van der Waals surface area contributed by atoms with E-state index in [-0.39, 0.29) is 29.5 Å². The van der Waals surface area contributed by atoms with Crippen molar-refractivity contribution >= 4 is 46.3 Å². The Labute approximate surface area is 175 Å². The lowest BCUT2D eigenvalue weighted by Gasteiger charge is -2.13. The Morgan fingerprint density at radius 1 is 1.21 bits per heavy atom. The lowest BCUT2D eigenvalue weighted by Crippen LogP contribution is -2.32. The third-order valence-corrected chi connectivity index (χ3v) is 5.14. The third kappa shape index (κ3) is 4.69. The minimum Gasteiger partial charge on any atom is -0.492 e. The summed E-state index contributed by atoms with van der Waals surface area (Å²) < 4.78 is 10.6. The van der Waals surface area contributed by atoms with E-state index in [2.05, 4.69) is 0 Å². The van der Waals surface area contributed by atoms with Gasteiger partial charge in [-0.25, -0.2) is 0 Å². The van der Waals surface area contributed by atoms with Gasteiger partial charge >= 0.3 is 5.69 Å². The molecule has 8 nitrogen and oxygen atoms in total. The minimum atomic E-state index is -0.573. The first kappa shape index (κ1) is 20.7. The number of benzene rings is 2. The molecule has 0 atom stereocenters. The summed E-state index contributed by atoms with van der Waals surface area (Å²) in [4.78, 5) is 36.6. The van der Waals surface area contributed by atoms with Gasteiger partial charge < -0.3 is 9.47 Å². The van der Waals surface area contributed by atoms with Crippen LogP contribution in [0.25, 0.3) is 6.08 Å². The van der Waals surface area contributed by atoms with E-state index in [0.29, 0.717) is 16.3 Å². The molecule has 0 saturated carbocycles. The number of nitrogens with zero attached hydrogens (tertiary/aromatic N) is 2. The van der Waals surface area contributed by atoms with Gasteiger partial charge in [0, 0.05) is 16.7 Å². The summed E-state index contributed by atoms with van der Waals surface area (Å²) >= 11 is 6.57. The number of rotatable bonds is 7. The van der Waals surface area contributed by atoms with E-state index < -0.39 is 16.1 Å². The number of methoxy groups -OCH3 is 1. The van der Waals surface area contributed by atoms with Crippen molar-refractivity contribution in [2.45, 2.75) is 0 Å². The van der Waals surface area contributed by atoms with Crippen molar-refractivity contribution in [1.82, 2.24) is 4.90 Å². The van der Waals surface area contributed by atoms with Crippen molar-refractivity contribution in [2.75, 3.05) is 20.3 Å². The summed E-state index contributed by atoms with van der Waals surface area (Å²) in [6.45, 7) is 0.184. The number of halogens is 1. The van der Waals surface area contributed by atoms with Crippen LogP contribution in [0.5, 0.6) is 11.5 Å². The fourth-order valence-electron chi connectivity index (χ4n) is 2.64. The number of carbonyl (C=O) groups is 2. The molecule has 1 saturated heterocycles. The Kier molecular flexibility index (Phi) is 6.40. The van der Waals surface area contributed by atoms with Gasteiger partial charge in [-0.15, -0.1) is 0 Å². The van der Waals surface area contributed by atoms with Crippen molar-refractivity contribution in [3.63, 3.8) is 0 Å². The second-order valence-corrected chi connectivity index (χ2v) is 7.22. The molecule has 2 amide bonds. The SMILES string of the molecule is COc1c(/C=C2\SC(=O)N(CCOc3ccc(Cl)cc3)C2=O)cccc1[N+](=O)[O-]. The molecule has 0 aromatic heterocycles. The number of nitro benzene ring substituents is 1. The van der Waals surface area contributed by atoms with E-state index in [9.17, 15) is 19.7 Å². The number of para-hydroxylation sites is 1. The monoisotopic (exact) mass is 434 g/mol. The normalized spacial score (nSPS) is 15.1. The average molecular weight is 435 g/mol. The number of imide groups is 1. The lowest BCUT2D eigenvalue weighted by atomic mass is 10.1. The van der Waals surface area contributed by atoms with Gasteiger partial charge in [0.25, 0.3) is 11.1 Å². The number of hydrogen-bond donors (Lipinski definition) is 0. The van der Waals surface area contributed by atoms with Crippen molar-refractivity contribution in [3.8, 4) is 11.5 Å². The van der Waals surface area contributed by atoms with Crippen molar-refractivity contribution in [2.24, 2.45) is 0 Å². The van der Waals surface area contributed by atoms with Crippen LogP contribution in [0.2, 0.25) is 5.02 Å². The Balaban J connectivity index is 1.72. The average Bonchev–Trinajstić information content (AvgIpc) is 2.96. The van der Waals surface area contributed by atoms with E-state index in [4.69, 9.17) is 21.1 Å². The first-order valence-corrected chi connectivity index (χ1v) is 9.55. The molecular weight excluding hydrogens is 420 g/mol. The summed E-state index contributed by atoms with van der Waals surface area (Å²) in [7, 11) is 1.31. The second-order valence-electron chi connectivity index (χ2n) is 5.79. The van der Waals surface area contributed by atoms with Crippen LogP contribution in [0, 0.1) is 10.1 Å². The Bertz CT molecular complexity index is 993. The van der Waals surface area contributed by atoms with Gasteiger partial charge in [0.1, 0.15) is 12.4 Å². The standard InChI is InChI=1S/C19H15ClN2O6S/c1-27-17-12(3-2-4-15(17)22(25)26)11-16-18(23)21(19(24)29-16)9-10-28-14-7-5-13(20)6-8-14/h2-8,11H,9-10H2,1H3/b16-11-. The molecule has 0 spiro atoms. The Hall–Kier alpha value is -3.04. The topological polar surface area (TPSA) is 99.0 Å². The molecule has 1 aliphatic rings. The molecule has 0 radical (unpaired) electrons. The first-order chi connectivity index (χ1) is 13.9. The largest absolute Gasteiger partial charge is 0.492 e. The first-order valence-electron chi connectivity index (χ1n) is 8.36. The van der Waals surface area contributed by atoms with Gasteiger partial charge in [0.05, 0.1) is 23.5 Å². The maximum atomic E-state index is 12.6. The van der Waals surface area contributed by atoms with Gasteiger partial charge in [0.2, 0.25) is 5.75 Å². The maximum absolute atomic E-state index is 12.6. The quantitative estimate of drug-likeness (QED) is 0.362. The number of nitro groups is 1. The number of amides is 2. The molecule has 0 bridgehead atoms. The van der Waals surface area contributed by atoms with Crippen LogP contribution in [0.15, 0.2) is 47.4 Å². The van der Waals surface area contributed by atoms with E-state index in [0.717, 1.165) is 16.7 Å². The van der Waals surface area contributed by atoms with Gasteiger partial charge in [0.15, 0.2) is 0 Å². The molecule has 0 unspecified atom stereocenters. The van der Waals surface area contributed by atoms with E-state index >= 15 is 0 Å². The molecule has 10 heteroatoms. The molecule has 1 aliphatic heterocycles. The maximum Gasteiger partial charge on any atom is 0.311 e. The zero-order valence-corrected chi connectivity index (χ0v) is 16.7. The summed E-state index contributed by atoms with van der Waals surface area (Å²) in [5.74, 6) is 0.0990. The Morgan fingerprint density at radius 3 is 2.59 bits per heavy atom. The minimum absolute atomic E-state index is 0.0235. The predicted molar refractivity (Wildman–Crippen MR) is 109 cm³/mol. The van der Waals surface area contributed by atoms with Crippen molar-refractivity contribution in [1.29, 1.82) is 0 Å². The highest BCUT2D eigenvalue weighted by Gasteiger charge is 2.35. The summed E-state index contributed by atoms with van der Waals surface area (Å²) in [6.07, 6.45) is 1.41. The molecule has 0 aliphatic carbocycles. The fourth-order valence-corrected chi connectivity index (χ4v) is 3.62. The van der Waals surface area contributed by atoms with Crippen molar-refractivity contribution < 1.29 is 24.0 Å². The molecular formula is C19H15ClN2O6S. The van der Waals surface area contributed by atoms with Crippen LogP contribution < -0.4 is 9.47 Å². The smallest absolute Gasteiger partial charge is 0.311 e. The van der Waals surface area contributed by atoms with Gasteiger partial charge in [-0.3, -0.25) is 24.6 Å². The van der Waals surface area contributed by atoms with Crippen LogP contribution in [-0.2, 0) is 4.79 Å². The fraction of sp³-hybridized carbons (Fsp3) is 0.158. The van der Waals surface area contributed by atoms with E-state index in [1.54, 1.807) is 30.3 Å². The van der Waals surface area contributed by atoms with E-state index in [1.165, 1.54) is 25.3 Å². The Morgan fingerprint density at radius 2 is 1.93 bits per heavy atom. The van der Waals surface area contributed by atoms with Gasteiger partial charge in [-0.05, 0) is 42.1 Å².